The van der Waals surface area contributed by atoms with Gasteiger partial charge in [0.15, 0.2) is 16.1 Å². The fraction of sp³-hybridized carbons (Fsp3) is 0.571. The molecule has 0 aromatic heterocycles. The molecule has 0 heterocycles. The number of rotatable bonds is 9. The Hall–Kier alpha value is -0.950. The van der Waals surface area contributed by atoms with E-state index in [1.165, 1.54) is 6.26 Å². The first-order valence-corrected chi connectivity index (χ1v) is 8.59. The highest BCUT2D eigenvalue weighted by atomic mass is 32.2. The molecule has 0 amide bonds. The second kappa shape index (κ2) is 8.36. The fourth-order valence-corrected chi connectivity index (χ4v) is 2.36. The number of hydrogen-bond donors (Lipinski definition) is 1. The average Bonchev–Trinajstić information content (AvgIpc) is 2.39. The predicted octanol–water partition coefficient (Wildman–Crippen LogP) is 1.58. The molecule has 0 spiro atoms. The normalized spacial score (nSPS) is 12.0. The Morgan fingerprint density at radius 1 is 1.10 bits per heavy atom. The maximum absolute atomic E-state index is 11.3. The molecular weight excluding hydrogens is 278 g/mol. The zero-order valence-electron chi connectivity index (χ0n) is 12.3. The summed E-state index contributed by atoms with van der Waals surface area (Å²) in [5.74, 6) is 0. The van der Waals surface area contributed by atoms with Crippen molar-refractivity contribution < 1.29 is 17.9 Å². The molecule has 1 aromatic rings. The Kier molecular flexibility index (Phi) is 7.15. The van der Waals surface area contributed by atoms with Crippen molar-refractivity contribution in [3.63, 3.8) is 0 Å². The number of nitrogens with one attached hydrogen (secondary N) is 1. The zero-order valence-corrected chi connectivity index (χ0v) is 13.1. The molecule has 6 heteroatoms. The van der Waals surface area contributed by atoms with Gasteiger partial charge >= 0.3 is 0 Å². The third-order valence-electron chi connectivity index (χ3n) is 2.70. The topological polar surface area (TPSA) is 64.6 Å². The van der Waals surface area contributed by atoms with Crippen LogP contribution in [0.1, 0.15) is 19.4 Å². The van der Waals surface area contributed by atoms with E-state index < -0.39 is 9.84 Å². The molecule has 1 rings (SSSR count). The smallest absolute Gasteiger partial charge is 0.175 e. The van der Waals surface area contributed by atoms with Crippen molar-refractivity contribution in [2.24, 2.45) is 0 Å². The first-order valence-electron chi connectivity index (χ1n) is 6.70. The van der Waals surface area contributed by atoms with Crippen LogP contribution in [-0.2, 0) is 25.9 Å². The van der Waals surface area contributed by atoms with Gasteiger partial charge in [-0.25, -0.2) is 8.42 Å². The SMILES string of the molecule is CCOC(CNCc1ccc(S(C)(=O)=O)cc1)OCC. The molecule has 0 radical (unpaired) electrons. The van der Waals surface area contributed by atoms with Crippen LogP contribution in [0.25, 0.3) is 0 Å². The van der Waals surface area contributed by atoms with Crippen molar-refractivity contribution in [1.29, 1.82) is 0 Å². The summed E-state index contributed by atoms with van der Waals surface area (Å²) in [5, 5.41) is 3.23. The van der Waals surface area contributed by atoms with Crippen LogP contribution in [0.15, 0.2) is 29.2 Å². The largest absolute Gasteiger partial charge is 0.352 e. The molecular formula is C14H23NO4S. The van der Waals surface area contributed by atoms with Gasteiger partial charge in [0.2, 0.25) is 0 Å². The Morgan fingerprint density at radius 3 is 2.10 bits per heavy atom. The van der Waals surface area contributed by atoms with Gasteiger partial charge in [0.05, 0.1) is 4.90 Å². The number of sulfone groups is 1. The second-order valence-electron chi connectivity index (χ2n) is 4.39. The van der Waals surface area contributed by atoms with Gasteiger partial charge in [0.1, 0.15) is 0 Å². The summed E-state index contributed by atoms with van der Waals surface area (Å²) >= 11 is 0. The molecule has 0 saturated carbocycles. The van der Waals surface area contributed by atoms with E-state index >= 15 is 0 Å². The molecule has 5 nitrogen and oxygen atoms in total. The molecule has 20 heavy (non-hydrogen) atoms. The first kappa shape index (κ1) is 17.1. The van der Waals surface area contributed by atoms with Gasteiger partial charge in [0, 0.05) is 32.6 Å². The summed E-state index contributed by atoms with van der Waals surface area (Å²) in [7, 11) is -3.13. The quantitative estimate of drug-likeness (QED) is 0.702. The molecule has 0 bridgehead atoms. The molecule has 0 aliphatic carbocycles. The van der Waals surface area contributed by atoms with Gasteiger partial charge in [-0.2, -0.15) is 0 Å². The molecule has 1 aromatic carbocycles. The summed E-state index contributed by atoms with van der Waals surface area (Å²) in [6, 6.07) is 6.85. The van der Waals surface area contributed by atoms with Crippen molar-refractivity contribution >= 4 is 9.84 Å². The van der Waals surface area contributed by atoms with E-state index in [0.717, 1.165) is 5.56 Å². The van der Waals surface area contributed by atoms with Crippen LogP contribution in [0.5, 0.6) is 0 Å². The maximum atomic E-state index is 11.3. The van der Waals surface area contributed by atoms with Crippen molar-refractivity contribution in [3.05, 3.63) is 29.8 Å². The molecule has 0 saturated heterocycles. The van der Waals surface area contributed by atoms with Crippen LogP contribution in [0, 0.1) is 0 Å². The predicted molar refractivity (Wildman–Crippen MR) is 78.3 cm³/mol. The van der Waals surface area contributed by atoms with E-state index in [9.17, 15) is 8.42 Å². The highest BCUT2D eigenvalue weighted by Crippen LogP contribution is 2.10. The molecule has 0 fully saturated rings. The number of benzene rings is 1. The second-order valence-corrected chi connectivity index (χ2v) is 6.40. The lowest BCUT2D eigenvalue weighted by atomic mass is 10.2. The lowest BCUT2D eigenvalue weighted by Crippen LogP contribution is -2.31. The molecule has 0 atom stereocenters. The highest BCUT2D eigenvalue weighted by molar-refractivity contribution is 7.90. The summed E-state index contributed by atoms with van der Waals surface area (Å²) in [6.07, 6.45) is 0.954. The van der Waals surface area contributed by atoms with E-state index in [1.807, 2.05) is 13.8 Å². The van der Waals surface area contributed by atoms with Crippen LogP contribution >= 0.6 is 0 Å². The van der Waals surface area contributed by atoms with Crippen molar-refractivity contribution in [3.8, 4) is 0 Å². The Morgan fingerprint density at radius 2 is 1.65 bits per heavy atom. The minimum atomic E-state index is -3.13. The monoisotopic (exact) mass is 301 g/mol. The fourth-order valence-electron chi connectivity index (χ4n) is 1.73. The lowest BCUT2D eigenvalue weighted by molar-refractivity contribution is -0.133. The Bertz CT molecular complexity index is 478. The third-order valence-corrected chi connectivity index (χ3v) is 3.83. The highest BCUT2D eigenvalue weighted by Gasteiger charge is 2.08. The van der Waals surface area contributed by atoms with Gasteiger partial charge in [-0.3, -0.25) is 0 Å². The molecule has 0 aliphatic heterocycles. The van der Waals surface area contributed by atoms with Crippen molar-refractivity contribution in [2.75, 3.05) is 26.0 Å². The van der Waals surface area contributed by atoms with E-state index in [-0.39, 0.29) is 6.29 Å². The zero-order chi connectivity index (χ0) is 15.0. The first-order chi connectivity index (χ1) is 9.47. The maximum Gasteiger partial charge on any atom is 0.175 e. The number of ether oxygens (including phenoxy) is 2. The van der Waals surface area contributed by atoms with Crippen LogP contribution in [0.3, 0.4) is 0 Å². The average molecular weight is 301 g/mol. The van der Waals surface area contributed by atoms with Gasteiger partial charge in [0.25, 0.3) is 0 Å². The van der Waals surface area contributed by atoms with Crippen LogP contribution < -0.4 is 5.32 Å². The minimum Gasteiger partial charge on any atom is -0.352 e. The van der Waals surface area contributed by atoms with Gasteiger partial charge in [-0.05, 0) is 31.5 Å². The van der Waals surface area contributed by atoms with Crippen LogP contribution in [0.2, 0.25) is 0 Å². The Balaban J connectivity index is 2.45. The summed E-state index contributed by atoms with van der Waals surface area (Å²) < 4.78 is 33.5. The summed E-state index contributed by atoms with van der Waals surface area (Å²) in [4.78, 5) is 0.336. The lowest BCUT2D eigenvalue weighted by Gasteiger charge is -2.17. The summed E-state index contributed by atoms with van der Waals surface area (Å²) in [6.45, 7) is 6.30. The molecule has 1 N–H and O–H groups in total. The van der Waals surface area contributed by atoms with Gasteiger partial charge < -0.3 is 14.8 Å². The van der Waals surface area contributed by atoms with E-state index in [4.69, 9.17) is 9.47 Å². The van der Waals surface area contributed by atoms with E-state index in [1.54, 1.807) is 24.3 Å². The van der Waals surface area contributed by atoms with E-state index in [2.05, 4.69) is 5.32 Å². The van der Waals surface area contributed by atoms with Crippen molar-refractivity contribution in [1.82, 2.24) is 5.32 Å². The number of hydrogen-bond acceptors (Lipinski definition) is 5. The molecule has 0 unspecified atom stereocenters. The standard InChI is InChI=1S/C14H23NO4S/c1-4-18-14(19-5-2)11-15-10-12-6-8-13(9-7-12)20(3,16)17/h6-9,14-15H,4-5,10-11H2,1-3H3. The minimum absolute atomic E-state index is 0.250. The Labute approximate surface area is 121 Å². The van der Waals surface area contributed by atoms with Crippen LogP contribution in [0.4, 0.5) is 0 Å². The van der Waals surface area contributed by atoms with Crippen molar-refractivity contribution in [2.45, 2.75) is 31.6 Å². The van der Waals surface area contributed by atoms with Gasteiger partial charge in [-0.15, -0.1) is 0 Å². The summed E-state index contributed by atoms with van der Waals surface area (Å²) in [5.41, 5.74) is 1.02. The third kappa shape index (κ3) is 6.00. The van der Waals surface area contributed by atoms with Crippen LogP contribution in [-0.4, -0.2) is 40.7 Å². The molecule has 114 valence electrons. The van der Waals surface area contributed by atoms with Gasteiger partial charge in [-0.1, -0.05) is 12.1 Å². The van der Waals surface area contributed by atoms with E-state index in [0.29, 0.717) is 31.2 Å². The molecule has 0 aliphatic rings.